The van der Waals surface area contributed by atoms with Crippen LogP contribution in [-0.2, 0) is 14.2 Å². The number of hydrogen-bond acceptors (Lipinski definition) is 3. The SMILES string of the molecule is COC(C)COCCCCOCC(C)C. The first kappa shape index (κ1) is 14.9. The molecule has 0 aromatic heterocycles. The first-order valence-corrected chi connectivity index (χ1v) is 5.85. The van der Waals surface area contributed by atoms with Gasteiger partial charge in [0, 0.05) is 26.9 Å². The summed E-state index contributed by atoms with van der Waals surface area (Å²) in [6, 6.07) is 0. The lowest BCUT2D eigenvalue weighted by Gasteiger charge is -2.10. The van der Waals surface area contributed by atoms with Crippen LogP contribution in [0.2, 0.25) is 0 Å². The van der Waals surface area contributed by atoms with Gasteiger partial charge in [-0.2, -0.15) is 0 Å². The summed E-state index contributed by atoms with van der Waals surface area (Å²) in [6.45, 7) is 9.53. The standard InChI is InChI=1S/C12H26O3/c1-11(2)9-14-7-5-6-8-15-10-12(3)13-4/h11-12H,5-10H2,1-4H3. The van der Waals surface area contributed by atoms with E-state index in [0.29, 0.717) is 12.5 Å². The minimum Gasteiger partial charge on any atom is -0.381 e. The van der Waals surface area contributed by atoms with Crippen molar-refractivity contribution >= 4 is 0 Å². The zero-order valence-corrected chi connectivity index (χ0v) is 10.6. The summed E-state index contributed by atoms with van der Waals surface area (Å²) in [5.74, 6) is 0.629. The van der Waals surface area contributed by atoms with Gasteiger partial charge in [0.1, 0.15) is 0 Å². The lowest BCUT2D eigenvalue weighted by molar-refractivity contribution is 0.0150. The van der Waals surface area contributed by atoms with Crippen LogP contribution in [-0.4, -0.2) is 39.6 Å². The molecule has 0 heterocycles. The monoisotopic (exact) mass is 218 g/mol. The predicted octanol–water partition coefficient (Wildman–Crippen LogP) is 2.49. The maximum atomic E-state index is 5.46. The van der Waals surface area contributed by atoms with Crippen molar-refractivity contribution in [3.63, 3.8) is 0 Å². The molecule has 0 aliphatic heterocycles. The first-order chi connectivity index (χ1) is 7.16. The number of hydrogen-bond donors (Lipinski definition) is 0. The second-order valence-electron chi connectivity index (χ2n) is 4.30. The van der Waals surface area contributed by atoms with Crippen molar-refractivity contribution in [2.75, 3.05) is 33.5 Å². The fraction of sp³-hybridized carbons (Fsp3) is 1.00. The third-order valence-electron chi connectivity index (χ3n) is 2.03. The fourth-order valence-electron chi connectivity index (χ4n) is 1.04. The fourth-order valence-corrected chi connectivity index (χ4v) is 1.04. The predicted molar refractivity (Wildman–Crippen MR) is 62.2 cm³/mol. The number of ether oxygens (including phenoxy) is 3. The van der Waals surface area contributed by atoms with E-state index in [0.717, 1.165) is 32.7 Å². The van der Waals surface area contributed by atoms with Gasteiger partial charge in [0.15, 0.2) is 0 Å². The van der Waals surface area contributed by atoms with Crippen molar-refractivity contribution in [2.24, 2.45) is 5.92 Å². The molecule has 0 saturated carbocycles. The zero-order chi connectivity index (χ0) is 11.5. The Bertz CT molecular complexity index is 126. The van der Waals surface area contributed by atoms with Crippen LogP contribution in [0.5, 0.6) is 0 Å². The summed E-state index contributed by atoms with van der Waals surface area (Å²) in [5.41, 5.74) is 0. The summed E-state index contributed by atoms with van der Waals surface area (Å²) >= 11 is 0. The molecule has 0 N–H and O–H groups in total. The molecule has 0 radical (unpaired) electrons. The maximum Gasteiger partial charge on any atom is 0.0776 e. The van der Waals surface area contributed by atoms with Gasteiger partial charge < -0.3 is 14.2 Å². The molecule has 3 nitrogen and oxygen atoms in total. The molecule has 0 bridgehead atoms. The van der Waals surface area contributed by atoms with Crippen LogP contribution >= 0.6 is 0 Å². The molecule has 1 unspecified atom stereocenters. The van der Waals surface area contributed by atoms with Crippen LogP contribution in [0.15, 0.2) is 0 Å². The molecule has 0 rings (SSSR count). The Labute approximate surface area is 94.1 Å². The van der Waals surface area contributed by atoms with Crippen molar-refractivity contribution in [2.45, 2.75) is 39.7 Å². The maximum absolute atomic E-state index is 5.46. The molecule has 0 aliphatic carbocycles. The van der Waals surface area contributed by atoms with E-state index in [-0.39, 0.29) is 6.10 Å². The number of rotatable bonds is 10. The van der Waals surface area contributed by atoms with Gasteiger partial charge in [0.25, 0.3) is 0 Å². The van der Waals surface area contributed by atoms with E-state index < -0.39 is 0 Å². The Morgan fingerprint density at radius 3 is 1.87 bits per heavy atom. The van der Waals surface area contributed by atoms with Crippen LogP contribution in [0.1, 0.15) is 33.6 Å². The molecule has 0 aromatic rings. The second-order valence-corrected chi connectivity index (χ2v) is 4.30. The van der Waals surface area contributed by atoms with Gasteiger partial charge in [-0.25, -0.2) is 0 Å². The molecule has 0 spiro atoms. The molecule has 0 aliphatic rings. The highest BCUT2D eigenvalue weighted by atomic mass is 16.5. The molecular weight excluding hydrogens is 192 g/mol. The topological polar surface area (TPSA) is 27.7 Å². The van der Waals surface area contributed by atoms with E-state index in [9.17, 15) is 0 Å². The smallest absolute Gasteiger partial charge is 0.0776 e. The zero-order valence-electron chi connectivity index (χ0n) is 10.6. The Kier molecular flexibility index (Phi) is 10.3. The highest BCUT2D eigenvalue weighted by Gasteiger charge is 1.98. The Balaban J connectivity index is 2.99. The Hall–Kier alpha value is -0.120. The van der Waals surface area contributed by atoms with Crippen LogP contribution in [0.3, 0.4) is 0 Å². The van der Waals surface area contributed by atoms with E-state index in [1.165, 1.54) is 0 Å². The molecule has 92 valence electrons. The van der Waals surface area contributed by atoms with E-state index in [2.05, 4.69) is 13.8 Å². The molecule has 0 amide bonds. The van der Waals surface area contributed by atoms with Gasteiger partial charge in [0.2, 0.25) is 0 Å². The summed E-state index contributed by atoms with van der Waals surface area (Å²) in [4.78, 5) is 0. The summed E-state index contributed by atoms with van der Waals surface area (Å²) in [6.07, 6.45) is 2.34. The van der Waals surface area contributed by atoms with E-state index in [4.69, 9.17) is 14.2 Å². The molecule has 1 atom stereocenters. The highest BCUT2D eigenvalue weighted by Crippen LogP contribution is 1.97. The van der Waals surface area contributed by atoms with E-state index in [1.807, 2.05) is 6.92 Å². The summed E-state index contributed by atoms with van der Waals surface area (Å²) in [7, 11) is 1.70. The largest absolute Gasteiger partial charge is 0.381 e. The van der Waals surface area contributed by atoms with Gasteiger partial charge in [-0.1, -0.05) is 13.8 Å². The van der Waals surface area contributed by atoms with Crippen LogP contribution in [0, 0.1) is 5.92 Å². The molecule has 3 heteroatoms. The van der Waals surface area contributed by atoms with Crippen molar-refractivity contribution < 1.29 is 14.2 Å². The number of unbranched alkanes of at least 4 members (excludes halogenated alkanes) is 1. The first-order valence-electron chi connectivity index (χ1n) is 5.85. The average Bonchev–Trinajstić information content (AvgIpc) is 2.21. The van der Waals surface area contributed by atoms with Crippen molar-refractivity contribution in [3.8, 4) is 0 Å². The van der Waals surface area contributed by atoms with Crippen molar-refractivity contribution in [1.82, 2.24) is 0 Å². The third kappa shape index (κ3) is 11.8. The van der Waals surface area contributed by atoms with Crippen molar-refractivity contribution in [3.05, 3.63) is 0 Å². The van der Waals surface area contributed by atoms with Crippen LogP contribution in [0.4, 0.5) is 0 Å². The van der Waals surface area contributed by atoms with E-state index in [1.54, 1.807) is 7.11 Å². The molecule has 0 aromatic carbocycles. The van der Waals surface area contributed by atoms with E-state index >= 15 is 0 Å². The Morgan fingerprint density at radius 2 is 1.40 bits per heavy atom. The number of methoxy groups -OCH3 is 1. The quantitative estimate of drug-likeness (QED) is 0.527. The Morgan fingerprint density at radius 1 is 0.867 bits per heavy atom. The van der Waals surface area contributed by atoms with Gasteiger partial charge in [-0.3, -0.25) is 0 Å². The average molecular weight is 218 g/mol. The van der Waals surface area contributed by atoms with Gasteiger partial charge in [-0.05, 0) is 25.7 Å². The third-order valence-corrected chi connectivity index (χ3v) is 2.03. The normalized spacial score (nSPS) is 13.4. The van der Waals surface area contributed by atoms with Gasteiger partial charge in [-0.15, -0.1) is 0 Å². The minimum absolute atomic E-state index is 0.196. The van der Waals surface area contributed by atoms with Gasteiger partial charge in [0.05, 0.1) is 12.7 Å². The van der Waals surface area contributed by atoms with Gasteiger partial charge >= 0.3 is 0 Å². The second kappa shape index (κ2) is 10.4. The minimum atomic E-state index is 0.196. The molecule has 15 heavy (non-hydrogen) atoms. The molecular formula is C12H26O3. The highest BCUT2D eigenvalue weighted by molar-refractivity contribution is 4.46. The van der Waals surface area contributed by atoms with Crippen molar-refractivity contribution in [1.29, 1.82) is 0 Å². The molecule has 0 saturated heterocycles. The summed E-state index contributed by atoms with van der Waals surface area (Å²) < 4.78 is 16.0. The summed E-state index contributed by atoms with van der Waals surface area (Å²) in [5, 5.41) is 0. The van der Waals surface area contributed by atoms with Crippen LogP contribution in [0.25, 0.3) is 0 Å². The lowest BCUT2D eigenvalue weighted by Crippen LogP contribution is -2.14. The lowest BCUT2D eigenvalue weighted by atomic mass is 10.2. The molecule has 0 fully saturated rings. The van der Waals surface area contributed by atoms with Crippen LogP contribution < -0.4 is 0 Å².